The van der Waals surface area contributed by atoms with E-state index in [1.807, 2.05) is 6.07 Å². The highest BCUT2D eigenvalue weighted by Crippen LogP contribution is 2.35. The summed E-state index contributed by atoms with van der Waals surface area (Å²) in [6.07, 6.45) is 2.86. The van der Waals surface area contributed by atoms with E-state index < -0.39 is 5.60 Å². The van der Waals surface area contributed by atoms with Crippen molar-refractivity contribution in [2.45, 2.75) is 31.8 Å². The van der Waals surface area contributed by atoms with Crippen molar-refractivity contribution in [2.24, 2.45) is 11.8 Å². The molecule has 0 aliphatic carbocycles. The van der Waals surface area contributed by atoms with Gasteiger partial charge < -0.3 is 10.0 Å². The molecule has 4 aliphatic heterocycles. The quantitative estimate of drug-likeness (QED) is 0.822. The van der Waals surface area contributed by atoms with E-state index in [1.54, 1.807) is 0 Å². The lowest BCUT2D eigenvalue weighted by Crippen LogP contribution is -2.58. The van der Waals surface area contributed by atoms with Gasteiger partial charge in [-0.1, -0.05) is 49.1 Å². The molecule has 0 spiro atoms. The molecule has 4 nitrogen and oxygen atoms in total. The molecule has 6 rings (SSSR count). The normalized spacial score (nSPS) is 28.6. The third-order valence-electron chi connectivity index (χ3n) is 6.70. The van der Waals surface area contributed by atoms with Crippen molar-refractivity contribution in [2.75, 3.05) is 37.6 Å². The van der Waals surface area contributed by atoms with Crippen molar-refractivity contribution in [1.29, 1.82) is 0 Å². The number of pyridine rings is 1. The Kier molecular flexibility index (Phi) is 4.81. The monoisotopic (exact) mass is 387 g/mol. The Morgan fingerprint density at radius 1 is 1.10 bits per heavy atom. The van der Waals surface area contributed by atoms with E-state index in [1.165, 1.54) is 5.56 Å². The van der Waals surface area contributed by atoms with E-state index >= 15 is 0 Å². The van der Waals surface area contributed by atoms with Crippen molar-refractivity contribution in [3.05, 3.63) is 59.3 Å². The van der Waals surface area contributed by atoms with Crippen LogP contribution in [0.3, 0.4) is 0 Å². The van der Waals surface area contributed by atoms with Gasteiger partial charge in [0, 0.05) is 37.5 Å². The van der Waals surface area contributed by atoms with Gasteiger partial charge in [0.25, 0.3) is 0 Å². The van der Waals surface area contributed by atoms with Crippen LogP contribution in [0.4, 0.5) is 5.82 Å². The maximum atomic E-state index is 11.2. The van der Waals surface area contributed by atoms with Crippen LogP contribution in [-0.2, 0) is 6.42 Å². The molecule has 0 unspecified atom stereocenters. The molecule has 1 aromatic carbocycles. The summed E-state index contributed by atoms with van der Waals surface area (Å²) in [6, 6.07) is 14.6. The molecule has 0 saturated carbocycles. The van der Waals surface area contributed by atoms with Gasteiger partial charge in [0.1, 0.15) is 11.4 Å². The zero-order valence-electron chi connectivity index (χ0n) is 17.1. The van der Waals surface area contributed by atoms with Crippen LogP contribution in [0.5, 0.6) is 0 Å². The summed E-state index contributed by atoms with van der Waals surface area (Å²) in [7, 11) is 0. The zero-order valence-corrected chi connectivity index (χ0v) is 17.1. The summed E-state index contributed by atoms with van der Waals surface area (Å²) in [4.78, 5) is 9.66. The number of nitrogens with zero attached hydrogens (tertiary/aromatic N) is 3. The van der Waals surface area contributed by atoms with Gasteiger partial charge >= 0.3 is 0 Å². The van der Waals surface area contributed by atoms with Crippen molar-refractivity contribution in [1.82, 2.24) is 9.88 Å². The molecule has 0 radical (unpaired) electrons. The van der Waals surface area contributed by atoms with Gasteiger partial charge in [0.2, 0.25) is 0 Å². The summed E-state index contributed by atoms with van der Waals surface area (Å²) in [6.45, 7) is 7.28. The molecule has 150 valence electrons. The van der Waals surface area contributed by atoms with Gasteiger partial charge in [-0.25, -0.2) is 4.98 Å². The van der Waals surface area contributed by atoms with Gasteiger partial charge in [-0.05, 0) is 49.5 Å². The average Bonchev–Trinajstić information content (AvgIpc) is 2.72. The van der Waals surface area contributed by atoms with Gasteiger partial charge in [-0.15, -0.1) is 0 Å². The minimum atomic E-state index is -0.883. The smallest absolute Gasteiger partial charge is 0.141 e. The Morgan fingerprint density at radius 3 is 2.52 bits per heavy atom. The Bertz CT molecular complexity index is 934. The molecular weight excluding hydrogens is 358 g/mol. The molecule has 2 bridgehead atoms. The average molecular weight is 388 g/mol. The van der Waals surface area contributed by atoms with Gasteiger partial charge in [-0.3, -0.25) is 4.90 Å². The van der Waals surface area contributed by atoms with Gasteiger partial charge in [-0.2, -0.15) is 0 Å². The Labute approximate surface area is 173 Å². The van der Waals surface area contributed by atoms with Gasteiger partial charge in [0.15, 0.2) is 0 Å². The van der Waals surface area contributed by atoms with Crippen LogP contribution in [0.15, 0.2) is 42.5 Å². The second-order valence-corrected chi connectivity index (χ2v) is 9.06. The van der Waals surface area contributed by atoms with Crippen molar-refractivity contribution in [3.63, 3.8) is 0 Å². The molecule has 1 N–H and O–H groups in total. The summed E-state index contributed by atoms with van der Waals surface area (Å²) < 4.78 is 0. The molecule has 0 amide bonds. The number of fused-ring (bicyclic) bond motifs is 3. The fourth-order valence-electron chi connectivity index (χ4n) is 4.95. The van der Waals surface area contributed by atoms with E-state index in [2.05, 4.69) is 65.0 Å². The van der Waals surface area contributed by atoms with Crippen LogP contribution < -0.4 is 4.90 Å². The Morgan fingerprint density at radius 2 is 1.86 bits per heavy atom. The van der Waals surface area contributed by atoms with Crippen LogP contribution in [-0.4, -0.2) is 53.3 Å². The standard InChI is InChI=1S/C25H29N3O/c1-19-16-28(17-19)24-8-7-21(23(26-24)15-20-5-3-2-4-6-20)9-12-25(29)18-27-13-10-22(25)11-14-27/h2-8,19,22,29H,10-11,13-18H2,1H3/t25-/m1/s1. The number of aromatic nitrogens is 1. The molecular formula is C25H29N3O. The SMILES string of the molecule is CC1CN(c2ccc(C#C[C@@]3(O)CN4CCC3CC4)c(Cc3ccccc3)n2)C1. The third-order valence-corrected chi connectivity index (χ3v) is 6.70. The number of aliphatic hydroxyl groups is 1. The minimum absolute atomic E-state index is 0.299. The molecule has 1 atom stereocenters. The lowest BCUT2D eigenvalue weighted by atomic mass is 9.75. The first kappa shape index (κ1) is 18.7. The number of anilines is 1. The Hall–Kier alpha value is -2.35. The summed E-state index contributed by atoms with van der Waals surface area (Å²) in [5, 5.41) is 11.2. The number of piperidine rings is 3. The van der Waals surface area contributed by atoms with E-state index in [9.17, 15) is 5.11 Å². The van der Waals surface area contributed by atoms with E-state index in [0.717, 1.165) is 68.4 Å². The Balaban J connectivity index is 1.46. The lowest BCUT2D eigenvalue weighted by molar-refractivity contribution is -0.0713. The molecule has 4 fully saturated rings. The molecule has 4 heteroatoms. The van der Waals surface area contributed by atoms with Crippen molar-refractivity contribution < 1.29 is 5.11 Å². The maximum absolute atomic E-state index is 11.2. The molecule has 29 heavy (non-hydrogen) atoms. The first-order chi connectivity index (χ1) is 14.1. The molecule has 4 aliphatic rings. The second-order valence-electron chi connectivity index (χ2n) is 9.06. The lowest BCUT2D eigenvalue weighted by Gasteiger charge is -2.47. The summed E-state index contributed by atoms with van der Waals surface area (Å²) >= 11 is 0. The van der Waals surface area contributed by atoms with E-state index in [0.29, 0.717) is 12.5 Å². The predicted molar refractivity (Wildman–Crippen MR) is 116 cm³/mol. The highest BCUT2D eigenvalue weighted by Gasteiger charge is 2.44. The first-order valence-electron chi connectivity index (χ1n) is 10.9. The van der Waals surface area contributed by atoms with Crippen LogP contribution in [0.2, 0.25) is 0 Å². The number of hydrogen-bond donors (Lipinski definition) is 1. The highest BCUT2D eigenvalue weighted by molar-refractivity contribution is 5.50. The maximum Gasteiger partial charge on any atom is 0.141 e. The summed E-state index contributed by atoms with van der Waals surface area (Å²) in [5.41, 5.74) is 2.30. The van der Waals surface area contributed by atoms with Crippen LogP contribution in [0, 0.1) is 23.7 Å². The summed E-state index contributed by atoms with van der Waals surface area (Å²) in [5.74, 6) is 8.67. The van der Waals surface area contributed by atoms with Crippen molar-refractivity contribution in [3.8, 4) is 11.8 Å². The van der Waals surface area contributed by atoms with Crippen molar-refractivity contribution >= 4 is 5.82 Å². The number of rotatable bonds is 3. The molecule has 1 aromatic heterocycles. The second kappa shape index (κ2) is 7.48. The first-order valence-corrected chi connectivity index (χ1v) is 10.9. The van der Waals surface area contributed by atoms with E-state index in [-0.39, 0.29) is 0 Å². The van der Waals surface area contributed by atoms with Crippen LogP contribution in [0.25, 0.3) is 0 Å². The minimum Gasteiger partial charge on any atom is -0.376 e. The predicted octanol–water partition coefficient (Wildman–Crippen LogP) is 2.94. The highest BCUT2D eigenvalue weighted by atomic mass is 16.3. The number of benzene rings is 1. The number of hydrogen-bond acceptors (Lipinski definition) is 4. The zero-order chi connectivity index (χ0) is 19.8. The fraction of sp³-hybridized carbons (Fsp3) is 0.480. The third kappa shape index (κ3) is 3.77. The van der Waals surface area contributed by atoms with E-state index in [4.69, 9.17) is 4.98 Å². The fourth-order valence-corrected chi connectivity index (χ4v) is 4.95. The molecule has 2 aromatic rings. The van der Waals surface area contributed by atoms with Gasteiger partial charge in [0.05, 0.1) is 5.69 Å². The molecule has 5 heterocycles. The van der Waals surface area contributed by atoms with Crippen LogP contribution >= 0.6 is 0 Å². The largest absolute Gasteiger partial charge is 0.376 e. The molecule has 4 saturated heterocycles. The topological polar surface area (TPSA) is 39.6 Å². The van der Waals surface area contributed by atoms with Crippen LogP contribution in [0.1, 0.15) is 36.6 Å².